The number of halogens is 1. The number of benzene rings is 1. The van der Waals surface area contributed by atoms with Crippen LogP contribution in [0, 0.1) is 10.1 Å². The van der Waals surface area contributed by atoms with Crippen LogP contribution in [0.5, 0.6) is 0 Å². The summed E-state index contributed by atoms with van der Waals surface area (Å²) in [6, 6.07) is 7.18. The van der Waals surface area contributed by atoms with Crippen LogP contribution in [0.3, 0.4) is 0 Å². The molecule has 0 radical (unpaired) electrons. The summed E-state index contributed by atoms with van der Waals surface area (Å²) in [5.74, 6) is -0.486. The molecule has 0 saturated heterocycles. The second-order valence-electron chi connectivity index (χ2n) is 3.53. The fourth-order valence-corrected chi connectivity index (χ4v) is 1.86. The van der Waals surface area contributed by atoms with Crippen LogP contribution in [0.15, 0.2) is 40.4 Å². The van der Waals surface area contributed by atoms with E-state index in [9.17, 15) is 14.9 Å². The van der Waals surface area contributed by atoms with E-state index in [1.165, 1.54) is 0 Å². The normalized spacial score (nSPS) is 13.2. The van der Waals surface area contributed by atoms with Crippen LogP contribution in [0.2, 0.25) is 0 Å². The number of carbonyl (C=O) groups excluding carboxylic acids is 1. The minimum atomic E-state index is -0.486. The predicted octanol–water partition coefficient (Wildman–Crippen LogP) is 2.95. The molecule has 1 aromatic rings. The standard InChI is InChI=1S/C12H12BrNO3/c1-2-9(8-15)12(7-14(16)17)10-3-5-11(13)6-4-10/h2-6,8,12H,7H2,1H3/b9-2-/t12-/m1/s1. The van der Waals surface area contributed by atoms with E-state index in [-0.39, 0.29) is 6.54 Å². The lowest BCUT2D eigenvalue weighted by Crippen LogP contribution is -2.15. The Kier molecular flexibility index (Phi) is 5.03. The third-order valence-corrected chi connectivity index (χ3v) is 3.00. The van der Waals surface area contributed by atoms with Gasteiger partial charge >= 0.3 is 0 Å². The Morgan fingerprint density at radius 2 is 2.06 bits per heavy atom. The van der Waals surface area contributed by atoms with Crippen molar-refractivity contribution < 1.29 is 9.72 Å². The topological polar surface area (TPSA) is 60.2 Å². The second-order valence-corrected chi connectivity index (χ2v) is 4.44. The van der Waals surface area contributed by atoms with Crippen molar-refractivity contribution >= 4 is 22.2 Å². The molecule has 1 atom stereocenters. The van der Waals surface area contributed by atoms with Crippen LogP contribution in [0.25, 0.3) is 0 Å². The van der Waals surface area contributed by atoms with Crippen molar-refractivity contribution in [3.8, 4) is 0 Å². The summed E-state index contributed by atoms with van der Waals surface area (Å²) in [6.07, 6.45) is 2.29. The minimum absolute atomic E-state index is 0.278. The lowest BCUT2D eigenvalue weighted by molar-refractivity contribution is -0.481. The zero-order valence-electron chi connectivity index (χ0n) is 9.30. The number of aldehydes is 1. The summed E-state index contributed by atoms with van der Waals surface area (Å²) in [6.45, 7) is 1.43. The molecular weight excluding hydrogens is 286 g/mol. The van der Waals surface area contributed by atoms with Crippen molar-refractivity contribution in [3.63, 3.8) is 0 Å². The molecule has 0 N–H and O–H groups in total. The molecule has 90 valence electrons. The molecule has 1 aromatic carbocycles. The number of nitrogens with zero attached hydrogens (tertiary/aromatic N) is 1. The molecule has 0 unspecified atom stereocenters. The summed E-state index contributed by atoms with van der Waals surface area (Å²) in [5, 5.41) is 10.6. The van der Waals surface area contributed by atoms with E-state index >= 15 is 0 Å². The summed E-state index contributed by atoms with van der Waals surface area (Å²) in [5.41, 5.74) is 1.20. The quantitative estimate of drug-likeness (QED) is 0.363. The first kappa shape index (κ1) is 13.6. The van der Waals surface area contributed by atoms with Crippen molar-refractivity contribution in [3.05, 3.63) is 56.1 Å². The van der Waals surface area contributed by atoms with E-state index in [1.54, 1.807) is 37.3 Å². The van der Waals surface area contributed by atoms with Crippen LogP contribution in [-0.2, 0) is 4.79 Å². The molecule has 0 aliphatic carbocycles. The van der Waals surface area contributed by atoms with E-state index < -0.39 is 10.8 Å². The van der Waals surface area contributed by atoms with Gasteiger partial charge in [-0.2, -0.15) is 0 Å². The Bertz CT molecular complexity index is 440. The lowest BCUT2D eigenvalue weighted by Gasteiger charge is -2.13. The van der Waals surface area contributed by atoms with E-state index in [4.69, 9.17) is 0 Å². The van der Waals surface area contributed by atoms with Crippen molar-refractivity contribution in [2.45, 2.75) is 12.8 Å². The van der Waals surface area contributed by atoms with Crippen LogP contribution in [-0.4, -0.2) is 17.8 Å². The van der Waals surface area contributed by atoms with E-state index in [2.05, 4.69) is 15.9 Å². The second kappa shape index (κ2) is 6.30. The van der Waals surface area contributed by atoms with E-state index in [0.29, 0.717) is 11.9 Å². The number of nitro groups is 1. The maximum atomic E-state index is 10.9. The maximum Gasteiger partial charge on any atom is 0.214 e. The monoisotopic (exact) mass is 297 g/mol. The summed E-state index contributed by atoms with van der Waals surface area (Å²) in [4.78, 5) is 21.1. The fourth-order valence-electron chi connectivity index (χ4n) is 1.60. The SMILES string of the molecule is C/C=C(/C=O)[C@@H](C[N+](=O)[O-])c1ccc(Br)cc1. The highest BCUT2D eigenvalue weighted by Crippen LogP contribution is 2.25. The number of hydrogen-bond donors (Lipinski definition) is 0. The van der Waals surface area contributed by atoms with Gasteiger partial charge in [0.25, 0.3) is 0 Å². The maximum absolute atomic E-state index is 10.9. The molecule has 0 aliphatic rings. The Morgan fingerprint density at radius 3 is 2.47 bits per heavy atom. The Morgan fingerprint density at radius 1 is 1.47 bits per heavy atom. The molecule has 0 fully saturated rings. The molecule has 4 nitrogen and oxygen atoms in total. The first-order chi connectivity index (χ1) is 8.08. The Balaban J connectivity index is 3.09. The number of hydrogen-bond acceptors (Lipinski definition) is 3. The van der Waals surface area contributed by atoms with Gasteiger partial charge in [0, 0.05) is 15.0 Å². The molecule has 0 heterocycles. The van der Waals surface area contributed by atoms with Gasteiger partial charge in [-0.25, -0.2) is 0 Å². The third-order valence-electron chi connectivity index (χ3n) is 2.48. The molecule has 5 heteroatoms. The molecule has 0 saturated carbocycles. The van der Waals surface area contributed by atoms with Crippen molar-refractivity contribution in [2.24, 2.45) is 0 Å². The number of carbonyl (C=O) groups is 1. The van der Waals surface area contributed by atoms with Crippen LogP contribution in [0.4, 0.5) is 0 Å². The van der Waals surface area contributed by atoms with Crippen LogP contribution < -0.4 is 0 Å². The summed E-state index contributed by atoms with van der Waals surface area (Å²) < 4.78 is 0.897. The first-order valence-corrected chi connectivity index (χ1v) is 5.86. The first-order valence-electron chi connectivity index (χ1n) is 5.07. The largest absolute Gasteiger partial charge is 0.298 e. The van der Waals surface area contributed by atoms with E-state index in [1.807, 2.05) is 0 Å². The molecular formula is C12H12BrNO3. The van der Waals surface area contributed by atoms with Gasteiger partial charge < -0.3 is 0 Å². The van der Waals surface area contributed by atoms with Crippen LogP contribution >= 0.6 is 15.9 Å². The molecule has 0 bridgehead atoms. The predicted molar refractivity (Wildman–Crippen MR) is 68.6 cm³/mol. The van der Waals surface area contributed by atoms with Gasteiger partial charge in [0.2, 0.25) is 6.54 Å². The summed E-state index contributed by atoms with van der Waals surface area (Å²) in [7, 11) is 0. The van der Waals surface area contributed by atoms with Gasteiger partial charge in [0.15, 0.2) is 0 Å². The van der Waals surface area contributed by atoms with Gasteiger partial charge in [-0.15, -0.1) is 0 Å². The van der Waals surface area contributed by atoms with Gasteiger partial charge in [-0.3, -0.25) is 14.9 Å². The average molecular weight is 298 g/mol. The molecule has 0 spiro atoms. The third kappa shape index (κ3) is 3.78. The van der Waals surface area contributed by atoms with Gasteiger partial charge in [0.05, 0.1) is 5.92 Å². The lowest BCUT2D eigenvalue weighted by atomic mass is 9.92. The number of allylic oxidation sites excluding steroid dienone is 1. The molecule has 17 heavy (non-hydrogen) atoms. The minimum Gasteiger partial charge on any atom is -0.298 e. The number of rotatable bonds is 5. The zero-order valence-corrected chi connectivity index (χ0v) is 10.9. The smallest absolute Gasteiger partial charge is 0.214 e. The van der Waals surface area contributed by atoms with Crippen molar-refractivity contribution in [2.75, 3.05) is 6.54 Å². The highest BCUT2D eigenvalue weighted by atomic mass is 79.9. The fraction of sp³-hybridized carbons (Fsp3) is 0.250. The van der Waals surface area contributed by atoms with E-state index in [0.717, 1.165) is 10.0 Å². The van der Waals surface area contributed by atoms with Gasteiger partial charge in [-0.05, 0) is 24.6 Å². The van der Waals surface area contributed by atoms with Gasteiger partial charge in [-0.1, -0.05) is 34.1 Å². The molecule has 0 amide bonds. The Hall–Kier alpha value is -1.49. The highest BCUT2D eigenvalue weighted by Gasteiger charge is 2.21. The van der Waals surface area contributed by atoms with Crippen molar-refractivity contribution in [1.82, 2.24) is 0 Å². The van der Waals surface area contributed by atoms with Crippen LogP contribution in [0.1, 0.15) is 18.4 Å². The zero-order chi connectivity index (χ0) is 12.8. The van der Waals surface area contributed by atoms with Crippen molar-refractivity contribution in [1.29, 1.82) is 0 Å². The molecule has 0 aromatic heterocycles. The van der Waals surface area contributed by atoms with Gasteiger partial charge in [0.1, 0.15) is 6.29 Å². The highest BCUT2D eigenvalue weighted by molar-refractivity contribution is 9.10. The summed E-state index contributed by atoms with van der Waals surface area (Å²) >= 11 is 3.30. The molecule has 0 aliphatic heterocycles. The average Bonchev–Trinajstić information content (AvgIpc) is 2.30. The molecule has 1 rings (SSSR count). The Labute approximate surface area is 108 Å².